The fourth-order valence-electron chi connectivity index (χ4n) is 3.51. The summed E-state index contributed by atoms with van der Waals surface area (Å²) in [5.74, 6) is 0.168. The van der Waals surface area contributed by atoms with E-state index in [1.807, 2.05) is 44.1 Å². The van der Waals surface area contributed by atoms with E-state index in [-0.39, 0.29) is 17.9 Å². The number of hydrogen-bond acceptors (Lipinski definition) is 3. The molecule has 0 aliphatic carbocycles. The van der Waals surface area contributed by atoms with Crippen molar-refractivity contribution < 1.29 is 9.90 Å². The molecule has 0 saturated carbocycles. The van der Waals surface area contributed by atoms with Crippen molar-refractivity contribution in [2.45, 2.75) is 26.2 Å². The summed E-state index contributed by atoms with van der Waals surface area (Å²) < 4.78 is 0. The Bertz CT molecular complexity index is 516. The van der Waals surface area contributed by atoms with Crippen LogP contribution in [0.3, 0.4) is 0 Å². The van der Waals surface area contributed by atoms with Crippen LogP contribution in [0.4, 0.5) is 0 Å². The molecule has 1 N–H and O–H groups in total. The molecule has 0 spiro atoms. The number of carbonyl (C=O) groups is 1. The van der Waals surface area contributed by atoms with Crippen LogP contribution in [-0.4, -0.2) is 61.2 Å². The predicted molar refractivity (Wildman–Crippen MR) is 88.8 cm³/mol. The van der Waals surface area contributed by atoms with Crippen LogP contribution in [0.1, 0.15) is 24.0 Å². The molecule has 0 radical (unpaired) electrons. The zero-order chi connectivity index (χ0) is 16.2. The van der Waals surface area contributed by atoms with Gasteiger partial charge in [-0.1, -0.05) is 29.8 Å². The van der Waals surface area contributed by atoms with Gasteiger partial charge in [-0.25, -0.2) is 0 Å². The average Bonchev–Trinajstić information content (AvgIpc) is 2.46. The van der Waals surface area contributed by atoms with E-state index in [1.165, 1.54) is 5.56 Å². The molecule has 2 rings (SSSR count). The van der Waals surface area contributed by atoms with Crippen LogP contribution >= 0.6 is 0 Å². The molecule has 1 amide bonds. The molecule has 122 valence electrons. The monoisotopic (exact) mass is 304 g/mol. The first-order valence-electron chi connectivity index (χ1n) is 8.03. The number of piperidine rings is 1. The third kappa shape index (κ3) is 4.31. The van der Waals surface area contributed by atoms with Gasteiger partial charge in [-0.3, -0.25) is 4.79 Å². The second-order valence-electron chi connectivity index (χ2n) is 6.98. The Kier molecular flexibility index (Phi) is 5.59. The van der Waals surface area contributed by atoms with Gasteiger partial charge in [0.15, 0.2) is 0 Å². The molecule has 1 fully saturated rings. The standard InChI is InChI=1S/C18H28N2O2/c1-15-6-4-7-16(10-15)11-17(22)20-9-5-8-18(13-20,14-21)12-19(2)3/h4,6-7,10,21H,5,8-9,11-14H2,1-3H3. The van der Waals surface area contributed by atoms with E-state index >= 15 is 0 Å². The number of likely N-dealkylation sites (tertiary alicyclic amines) is 1. The van der Waals surface area contributed by atoms with Gasteiger partial charge in [0.25, 0.3) is 0 Å². The molecule has 22 heavy (non-hydrogen) atoms. The zero-order valence-electron chi connectivity index (χ0n) is 14.0. The smallest absolute Gasteiger partial charge is 0.227 e. The van der Waals surface area contributed by atoms with Gasteiger partial charge in [-0.05, 0) is 39.4 Å². The minimum atomic E-state index is -0.177. The number of aliphatic hydroxyl groups excluding tert-OH is 1. The van der Waals surface area contributed by atoms with Gasteiger partial charge in [0.2, 0.25) is 5.91 Å². The Morgan fingerprint density at radius 3 is 2.82 bits per heavy atom. The van der Waals surface area contributed by atoms with E-state index in [9.17, 15) is 9.90 Å². The molecule has 4 nitrogen and oxygen atoms in total. The van der Waals surface area contributed by atoms with Crippen molar-refractivity contribution in [2.75, 3.05) is 40.3 Å². The van der Waals surface area contributed by atoms with E-state index in [0.29, 0.717) is 13.0 Å². The number of aliphatic hydroxyl groups is 1. The summed E-state index contributed by atoms with van der Waals surface area (Å²) >= 11 is 0. The summed E-state index contributed by atoms with van der Waals surface area (Å²) in [6.45, 7) is 4.46. The molecule has 0 aromatic heterocycles. The van der Waals surface area contributed by atoms with E-state index < -0.39 is 0 Å². The second kappa shape index (κ2) is 7.25. The molecular formula is C18H28N2O2. The lowest BCUT2D eigenvalue weighted by atomic mass is 9.80. The first kappa shape index (κ1) is 17.0. The maximum absolute atomic E-state index is 12.6. The van der Waals surface area contributed by atoms with Gasteiger partial charge in [-0.2, -0.15) is 0 Å². The number of hydrogen-bond donors (Lipinski definition) is 1. The molecule has 1 aromatic rings. The highest BCUT2D eigenvalue weighted by atomic mass is 16.3. The Balaban J connectivity index is 2.03. The van der Waals surface area contributed by atoms with Crippen molar-refractivity contribution in [1.82, 2.24) is 9.80 Å². The van der Waals surface area contributed by atoms with E-state index in [2.05, 4.69) is 11.0 Å². The number of amides is 1. The van der Waals surface area contributed by atoms with Crippen LogP contribution in [-0.2, 0) is 11.2 Å². The quantitative estimate of drug-likeness (QED) is 0.900. The molecule has 0 bridgehead atoms. The maximum atomic E-state index is 12.6. The highest BCUT2D eigenvalue weighted by Gasteiger charge is 2.37. The second-order valence-corrected chi connectivity index (χ2v) is 6.98. The zero-order valence-corrected chi connectivity index (χ0v) is 14.0. The van der Waals surface area contributed by atoms with E-state index in [4.69, 9.17) is 0 Å². The predicted octanol–water partition coefficient (Wildman–Crippen LogP) is 1.70. The first-order valence-corrected chi connectivity index (χ1v) is 8.03. The summed E-state index contributed by atoms with van der Waals surface area (Å²) in [6.07, 6.45) is 2.40. The molecule has 1 unspecified atom stereocenters. The van der Waals surface area contributed by atoms with Crippen LogP contribution in [0, 0.1) is 12.3 Å². The lowest BCUT2D eigenvalue weighted by molar-refractivity contribution is -0.135. The van der Waals surface area contributed by atoms with Gasteiger partial charge < -0.3 is 14.9 Å². The third-order valence-corrected chi connectivity index (χ3v) is 4.44. The van der Waals surface area contributed by atoms with Gasteiger partial charge in [0.05, 0.1) is 13.0 Å². The van der Waals surface area contributed by atoms with Crippen LogP contribution < -0.4 is 0 Å². The Morgan fingerprint density at radius 2 is 2.18 bits per heavy atom. The van der Waals surface area contributed by atoms with Gasteiger partial charge in [0.1, 0.15) is 0 Å². The fourth-order valence-corrected chi connectivity index (χ4v) is 3.51. The Hall–Kier alpha value is -1.39. The number of benzene rings is 1. The molecule has 1 saturated heterocycles. The van der Waals surface area contributed by atoms with E-state index in [0.717, 1.165) is 31.5 Å². The lowest BCUT2D eigenvalue weighted by Gasteiger charge is -2.43. The van der Waals surface area contributed by atoms with Crippen LogP contribution in [0.15, 0.2) is 24.3 Å². The molecular weight excluding hydrogens is 276 g/mol. The Morgan fingerprint density at radius 1 is 1.41 bits per heavy atom. The lowest BCUT2D eigenvalue weighted by Crippen LogP contribution is -2.52. The molecule has 4 heteroatoms. The largest absolute Gasteiger partial charge is 0.396 e. The summed E-state index contributed by atoms with van der Waals surface area (Å²) in [5, 5.41) is 9.85. The van der Waals surface area contributed by atoms with E-state index in [1.54, 1.807) is 0 Å². The van der Waals surface area contributed by atoms with Crippen molar-refractivity contribution >= 4 is 5.91 Å². The van der Waals surface area contributed by atoms with Crippen LogP contribution in [0.5, 0.6) is 0 Å². The summed E-state index contributed by atoms with van der Waals surface area (Å²) in [7, 11) is 4.04. The molecule has 1 aromatic carbocycles. The van der Waals surface area contributed by atoms with Crippen LogP contribution in [0.2, 0.25) is 0 Å². The topological polar surface area (TPSA) is 43.8 Å². The summed E-state index contributed by atoms with van der Waals surface area (Å²) in [6, 6.07) is 8.12. The third-order valence-electron chi connectivity index (χ3n) is 4.44. The highest BCUT2D eigenvalue weighted by Crippen LogP contribution is 2.30. The molecule has 1 aliphatic rings. The highest BCUT2D eigenvalue weighted by molar-refractivity contribution is 5.79. The number of carbonyl (C=O) groups excluding carboxylic acids is 1. The Labute approximate surface area is 133 Å². The minimum absolute atomic E-state index is 0.138. The normalized spacial score (nSPS) is 22.1. The number of nitrogens with zero attached hydrogens (tertiary/aromatic N) is 2. The van der Waals surface area contributed by atoms with Crippen molar-refractivity contribution in [3.05, 3.63) is 35.4 Å². The van der Waals surface area contributed by atoms with Gasteiger partial charge in [0, 0.05) is 25.0 Å². The van der Waals surface area contributed by atoms with Gasteiger partial charge in [-0.15, -0.1) is 0 Å². The van der Waals surface area contributed by atoms with Crippen LogP contribution in [0.25, 0.3) is 0 Å². The average molecular weight is 304 g/mol. The SMILES string of the molecule is Cc1cccc(CC(=O)N2CCCC(CO)(CN(C)C)C2)c1. The molecule has 1 atom stereocenters. The molecule has 1 heterocycles. The number of aryl methyl sites for hydroxylation is 1. The van der Waals surface area contributed by atoms with Crippen molar-refractivity contribution in [2.24, 2.45) is 5.41 Å². The summed E-state index contributed by atoms with van der Waals surface area (Å²) in [5.41, 5.74) is 2.07. The maximum Gasteiger partial charge on any atom is 0.227 e. The van der Waals surface area contributed by atoms with Gasteiger partial charge >= 0.3 is 0 Å². The van der Waals surface area contributed by atoms with Crippen molar-refractivity contribution in [1.29, 1.82) is 0 Å². The molecule has 1 aliphatic heterocycles. The number of rotatable bonds is 5. The first-order chi connectivity index (χ1) is 10.4. The van der Waals surface area contributed by atoms with Crippen molar-refractivity contribution in [3.63, 3.8) is 0 Å². The summed E-state index contributed by atoms with van der Waals surface area (Å²) in [4.78, 5) is 16.6. The minimum Gasteiger partial charge on any atom is -0.396 e. The fraction of sp³-hybridized carbons (Fsp3) is 0.611. The van der Waals surface area contributed by atoms with Crippen molar-refractivity contribution in [3.8, 4) is 0 Å².